The van der Waals surface area contributed by atoms with Gasteiger partial charge in [-0.1, -0.05) is 30.3 Å². The largest absolute Gasteiger partial charge is 0.325 e. The molecule has 2 nitrogen and oxygen atoms in total. The van der Waals surface area contributed by atoms with E-state index in [9.17, 15) is 5.11 Å². The molecule has 2 N–H and O–H groups in total. The van der Waals surface area contributed by atoms with Crippen molar-refractivity contribution in [2.75, 3.05) is 6.61 Å². The lowest BCUT2D eigenvalue weighted by Crippen LogP contribution is -2.26. The molecule has 1 rings (SSSR count). The van der Waals surface area contributed by atoms with Crippen LogP contribution in [0.4, 0.5) is 0 Å². The zero-order chi connectivity index (χ0) is 8.10. The van der Waals surface area contributed by atoms with Crippen molar-refractivity contribution >= 4 is 0 Å². The van der Waals surface area contributed by atoms with Crippen molar-refractivity contribution < 1.29 is 5.11 Å². The van der Waals surface area contributed by atoms with Gasteiger partial charge < -0.3 is 5.73 Å². The van der Waals surface area contributed by atoms with E-state index in [0.717, 1.165) is 5.56 Å². The summed E-state index contributed by atoms with van der Waals surface area (Å²) in [6, 6.07) is 9.58. The Labute approximate surface area is 66.7 Å². The molecule has 0 saturated heterocycles. The van der Waals surface area contributed by atoms with Crippen molar-refractivity contribution in [1.29, 1.82) is 0 Å². The summed E-state index contributed by atoms with van der Waals surface area (Å²) < 4.78 is 0. The minimum atomic E-state index is -0.239. The molecule has 0 spiro atoms. The van der Waals surface area contributed by atoms with Crippen molar-refractivity contribution in [1.82, 2.24) is 0 Å². The molecular formula is C9H12NO. The quantitative estimate of drug-likeness (QED) is 0.686. The lowest BCUT2D eigenvalue weighted by molar-refractivity contribution is 0.173. The highest BCUT2D eigenvalue weighted by Gasteiger charge is 2.00. The number of hydrogen-bond acceptors (Lipinski definition) is 1. The molecule has 0 aliphatic rings. The molecule has 0 aromatic heterocycles. The molecule has 2 heteroatoms. The van der Waals surface area contributed by atoms with Crippen molar-refractivity contribution in [2.24, 2.45) is 5.73 Å². The van der Waals surface area contributed by atoms with Crippen LogP contribution in [0.25, 0.3) is 0 Å². The second-order valence-electron chi connectivity index (χ2n) is 2.62. The molecule has 1 radical (unpaired) electrons. The predicted octanol–water partition coefficient (Wildman–Crippen LogP) is 0.987. The molecule has 1 aromatic rings. The Morgan fingerprint density at radius 2 is 1.91 bits per heavy atom. The van der Waals surface area contributed by atoms with Crippen LogP contribution in [0.15, 0.2) is 30.3 Å². The fourth-order valence-corrected chi connectivity index (χ4v) is 0.976. The van der Waals surface area contributed by atoms with Gasteiger partial charge in [0.25, 0.3) is 0 Å². The van der Waals surface area contributed by atoms with Gasteiger partial charge in [-0.25, -0.2) is 5.11 Å². The Hall–Kier alpha value is -0.860. The first-order valence-electron chi connectivity index (χ1n) is 3.70. The fraction of sp³-hybridized carbons (Fsp3) is 0.333. The monoisotopic (exact) mass is 150 g/mol. The third kappa shape index (κ3) is 2.70. The predicted molar refractivity (Wildman–Crippen MR) is 43.7 cm³/mol. The van der Waals surface area contributed by atoms with Gasteiger partial charge >= 0.3 is 0 Å². The van der Waals surface area contributed by atoms with Crippen LogP contribution in [0.1, 0.15) is 5.56 Å². The highest BCUT2D eigenvalue weighted by atomic mass is 16.3. The van der Waals surface area contributed by atoms with E-state index < -0.39 is 0 Å². The Balaban J connectivity index is 2.51. The third-order valence-corrected chi connectivity index (χ3v) is 1.55. The van der Waals surface area contributed by atoms with Crippen LogP contribution in [-0.2, 0) is 11.5 Å². The summed E-state index contributed by atoms with van der Waals surface area (Å²) >= 11 is 0. The Bertz CT molecular complexity index is 198. The highest BCUT2D eigenvalue weighted by molar-refractivity contribution is 5.15. The number of hydrogen-bond donors (Lipinski definition) is 1. The number of rotatable bonds is 3. The Morgan fingerprint density at radius 1 is 1.27 bits per heavy atom. The number of nitrogens with two attached hydrogens (primary N) is 1. The topological polar surface area (TPSA) is 45.9 Å². The second-order valence-corrected chi connectivity index (χ2v) is 2.62. The first kappa shape index (κ1) is 8.24. The Kier molecular flexibility index (Phi) is 3.08. The summed E-state index contributed by atoms with van der Waals surface area (Å²) in [4.78, 5) is 0. The molecule has 0 fully saturated rings. The van der Waals surface area contributed by atoms with Gasteiger partial charge in [-0.3, -0.25) is 0 Å². The van der Waals surface area contributed by atoms with Gasteiger partial charge in [0, 0.05) is 6.04 Å². The molecular weight excluding hydrogens is 138 g/mol. The Morgan fingerprint density at radius 3 is 2.45 bits per heavy atom. The zero-order valence-electron chi connectivity index (χ0n) is 6.36. The summed E-state index contributed by atoms with van der Waals surface area (Å²) in [6.45, 7) is -0.200. The van der Waals surface area contributed by atoms with Crippen molar-refractivity contribution in [3.05, 3.63) is 35.9 Å². The van der Waals surface area contributed by atoms with E-state index in [4.69, 9.17) is 5.73 Å². The smallest absolute Gasteiger partial charge is 0.0976 e. The van der Waals surface area contributed by atoms with Crippen LogP contribution in [0.2, 0.25) is 0 Å². The minimum Gasteiger partial charge on any atom is -0.325 e. The van der Waals surface area contributed by atoms with Crippen LogP contribution >= 0.6 is 0 Å². The maximum atomic E-state index is 10.3. The molecule has 0 saturated carbocycles. The van der Waals surface area contributed by atoms with Crippen LogP contribution in [-0.4, -0.2) is 12.6 Å². The van der Waals surface area contributed by atoms with E-state index in [1.165, 1.54) is 0 Å². The molecule has 0 aliphatic carbocycles. The van der Waals surface area contributed by atoms with Crippen molar-refractivity contribution in [3.63, 3.8) is 0 Å². The van der Waals surface area contributed by atoms with E-state index in [-0.39, 0.29) is 12.6 Å². The van der Waals surface area contributed by atoms with Crippen LogP contribution in [0, 0.1) is 0 Å². The van der Waals surface area contributed by atoms with E-state index >= 15 is 0 Å². The average molecular weight is 150 g/mol. The van der Waals surface area contributed by atoms with Crippen molar-refractivity contribution in [3.8, 4) is 0 Å². The van der Waals surface area contributed by atoms with Crippen molar-refractivity contribution in [2.45, 2.75) is 12.5 Å². The summed E-state index contributed by atoms with van der Waals surface area (Å²) in [5, 5.41) is 10.3. The third-order valence-electron chi connectivity index (χ3n) is 1.55. The lowest BCUT2D eigenvalue weighted by atomic mass is 10.1. The highest BCUT2D eigenvalue weighted by Crippen LogP contribution is 2.00. The van der Waals surface area contributed by atoms with E-state index in [0.29, 0.717) is 6.42 Å². The summed E-state index contributed by atoms with van der Waals surface area (Å²) in [5.74, 6) is 0. The van der Waals surface area contributed by atoms with Crippen LogP contribution < -0.4 is 5.73 Å². The van der Waals surface area contributed by atoms with E-state index in [1.807, 2.05) is 30.3 Å². The maximum absolute atomic E-state index is 10.3. The molecule has 1 aromatic carbocycles. The SMILES string of the molecule is N[C@H](C[O])Cc1ccccc1. The zero-order valence-corrected chi connectivity index (χ0v) is 6.36. The average Bonchev–Trinajstić information content (AvgIpc) is 2.06. The lowest BCUT2D eigenvalue weighted by Gasteiger charge is -2.05. The van der Waals surface area contributed by atoms with Gasteiger partial charge in [0.05, 0.1) is 6.61 Å². The van der Waals surface area contributed by atoms with Gasteiger partial charge in [0.15, 0.2) is 0 Å². The molecule has 11 heavy (non-hydrogen) atoms. The summed E-state index contributed by atoms with van der Waals surface area (Å²) in [6.07, 6.45) is 0.685. The fourth-order valence-electron chi connectivity index (χ4n) is 0.976. The van der Waals surface area contributed by atoms with Gasteiger partial charge in [-0.2, -0.15) is 0 Å². The van der Waals surface area contributed by atoms with E-state index in [1.54, 1.807) is 0 Å². The minimum absolute atomic E-state index is 0.200. The van der Waals surface area contributed by atoms with Crippen LogP contribution in [0.5, 0.6) is 0 Å². The van der Waals surface area contributed by atoms with Gasteiger partial charge in [0.2, 0.25) is 0 Å². The summed E-state index contributed by atoms with van der Waals surface area (Å²) in [5.41, 5.74) is 6.63. The van der Waals surface area contributed by atoms with Crippen LogP contribution in [0.3, 0.4) is 0 Å². The maximum Gasteiger partial charge on any atom is 0.0976 e. The van der Waals surface area contributed by atoms with Gasteiger partial charge in [0.1, 0.15) is 0 Å². The first-order chi connectivity index (χ1) is 5.33. The van der Waals surface area contributed by atoms with E-state index in [2.05, 4.69) is 0 Å². The molecule has 0 aliphatic heterocycles. The standard InChI is InChI=1S/C9H12NO/c10-9(7-11)6-8-4-2-1-3-5-8/h1-5,9H,6-7,10H2/t9-/m0/s1. The second kappa shape index (κ2) is 4.11. The van der Waals surface area contributed by atoms with Gasteiger partial charge in [-0.15, -0.1) is 0 Å². The molecule has 0 amide bonds. The molecule has 59 valence electrons. The summed E-state index contributed by atoms with van der Waals surface area (Å²) in [7, 11) is 0. The molecule has 1 atom stereocenters. The van der Waals surface area contributed by atoms with Gasteiger partial charge in [-0.05, 0) is 12.0 Å². The number of benzene rings is 1. The molecule has 0 heterocycles. The normalized spacial score (nSPS) is 12.9. The molecule has 0 bridgehead atoms. The first-order valence-corrected chi connectivity index (χ1v) is 3.70. The molecule has 0 unspecified atom stereocenters.